The monoisotopic (exact) mass is 406 g/mol. The van der Waals surface area contributed by atoms with Crippen LogP contribution < -0.4 is 0 Å². The first-order valence-corrected chi connectivity index (χ1v) is 10.9. The Hall–Kier alpha value is -3.30. The van der Waals surface area contributed by atoms with Crippen molar-refractivity contribution in [2.75, 3.05) is 0 Å². The summed E-state index contributed by atoms with van der Waals surface area (Å²) in [4.78, 5) is 15.8. The number of ether oxygens (including phenoxy) is 1. The molecule has 0 unspecified atom stereocenters. The second-order valence-corrected chi connectivity index (χ2v) is 8.71. The molecule has 0 amide bonds. The van der Waals surface area contributed by atoms with E-state index >= 15 is 0 Å². The zero-order valence-corrected chi connectivity index (χ0v) is 17.0. The predicted octanol–water partition coefficient (Wildman–Crippen LogP) is 6.67. The van der Waals surface area contributed by atoms with Crippen LogP contribution in [0.4, 0.5) is 0 Å². The molecule has 0 aromatic heterocycles. The summed E-state index contributed by atoms with van der Waals surface area (Å²) in [6.07, 6.45) is 0.381. The Morgan fingerprint density at radius 1 is 0.733 bits per heavy atom. The van der Waals surface area contributed by atoms with Gasteiger partial charge in [-0.25, -0.2) is 4.79 Å². The summed E-state index contributed by atoms with van der Waals surface area (Å²) < 4.78 is 6.16. The van der Waals surface area contributed by atoms with Crippen molar-refractivity contribution in [1.82, 2.24) is 0 Å². The molecule has 6 rings (SSSR count). The average molecular weight is 407 g/mol. The Morgan fingerprint density at radius 3 is 2.13 bits per heavy atom. The van der Waals surface area contributed by atoms with E-state index in [9.17, 15) is 4.79 Å². The van der Waals surface area contributed by atoms with Crippen LogP contribution in [-0.2, 0) is 11.2 Å². The minimum absolute atomic E-state index is 0.261. The topological polar surface area (TPSA) is 26.3 Å². The first-order valence-electron chi connectivity index (χ1n) is 10.1. The fraction of sp³-hybridized carbons (Fsp3) is 0.0741. The number of hydrogen-bond donors (Lipinski definition) is 0. The smallest absolute Gasteiger partial charge is 0.339 e. The molecular formula is C27H18O2S. The third-order valence-corrected chi connectivity index (χ3v) is 7.13. The predicted molar refractivity (Wildman–Crippen MR) is 119 cm³/mol. The van der Waals surface area contributed by atoms with E-state index in [1.165, 1.54) is 10.5 Å². The van der Waals surface area contributed by atoms with E-state index < -0.39 is 0 Å². The third-order valence-electron chi connectivity index (χ3n) is 5.91. The van der Waals surface area contributed by atoms with E-state index in [4.69, 9.17) is 4.74 Å². The van der Waals surface area contributed by atoms with Crippen molar-refractivity contribution in [3.63, 3.8) is 0 Å². The summed E-state index contributed by atoms with van der Waals surface area (Å²) in [5.74, 6) is -0.261. The molecule has 4 aromatic carbocycles. The van der Waals surface area contributed by atoms with Crippen LogP contribution >= 0.6 is 11.8 Å². The second kappa shape index (κ2) is 6.89. The number of carbonyl (C=O) groups is 1. The first-order chi connectivity index (χ1) is 14.8. The van der Waals surface area contributed by atoms with Crippen LogP contribution in [0.2, 0.25) is 0 Å². The van der Waals surface area contributed by atoms with Crippen molar-refractivity contribution in [2.45, 2.75) is 22.3 Å². The van der Waals surface area contributed by atoms with Crippen LogP contribution in [0.1, 0.15) is 38.7 Å². The van der Waals surface area contributed by atoms with Gasteiger partial charge in [-0.1, -0.05) is 84.6 Å². The van der Waals surface area contributed by atoms with E-state index in [1.807, 2.05) is 36.4 Å². The summed E-state index contributed by atoms with van der Waals surface area (Å²) in [5, 5.41) is 0. The van der Waals surface area contributed by atoms with E-state index in [0.29, 0.717) is 5.56 Å². The first kappa shape index (κ1) is 17.5. The molecule has 1 aliphatic heterocycles. The SMILES string of the molecule is O=C(OC1c2ccccc2-c2ccccc21)c1cccc2c1Cc1ccccc1S2. The van der Waals surface area contributed by atoms with E-state index in [-0.39, 0.29) is 12.1 Å². The zero-order chi connectivity index (χ0) is 20.1. The lowest BCUT2D eigenvalue weighted by molar-refractivity contribution is 0.0384. The van der Waals surface area contributed by atoms with E-state index in [1.54, 1.807) is 11.8 Å². The minimum atomic E-state index is -0.371. The second-order valence-electron chi connectivity index (χ2n) is 7.63. The number of fused-ring (bicyclic) bond motifs is 5. The van der Waals surface area contributed by atoms with Crippen molar-refractivity contribution in [3.05, 3.63) is 119 Å². The Morgan fingerprint density at radius 2 is 1.37 bits per heavy atom. The molecule has 1 aliphatic carbocycles. The Bertz CT molecular complexity index is 1260. The van der Waals surface area contributed by atoms with Gasteiger partial charge in [0.2, 0.25) is 0 Å². The zero-order valence-electron chi connectivity index (χ0n) is 16.2. The van der Waals surface area contributed by atoms with Crippen LogP contribution in [-0.4, -0.2) is 5.97 Å². The summed E-state index contributed by atoms with van der Waals surface area (Å²) >= 11 is 1.73. The molecule has 144 valence electrons. The molecule has 3 heteroatoms. The van der Waals surface area contributed by atoms with Gasteiger partial charge in [0.25, 0.3) is 0 Å². The fourth-order valence-corrected chi connectivity index (χ4v) is 5.61. The molecule has 0 saturated heterocycles. The lowest BCUT2D eigenvalue weighted by Crippen LogP contribution is -2.14. The highest BCUT2D eigenvalue weighted by Gasteiger charge is 2.32. The molecule has 4 aromatic rings. The Labute approximate surface area is 179 Å². The standard InChI is InChI=1S/C27H18O2S/c28-27(22-13-7-15-25-23(22)16-17-8-1-6-14-24(17)30-25)29-26-20-11-4-2-9-18(20)19-10-3-5-12-21(19)26/h1-15,26H,16H2. The quantitative estimate of drug-likeness (QED) is 0.306. The number of carbonyl (C=O) groups excluding carboxylic acids is 1. The minimum Gasteiger partial charge on any atom is -0.449 e. The molecule has 0 bridgehead atoms. The van der Waals surface area contributed by atoms with E-state index in [0.717, 1.165) is 39.1 Å². The van der Waals surface area contributed by atoms with Gasteiger partial charge in [0.15, 0.2) is 6.10 Å². The largest absolute Gasteiger partial charge is 0.449 e. The molecule has 0 atom stereocenters. The van der Waals surface area contributed by atoms with Crippen molar-refractivity contribution >= 4 is 17.7 Å². The van der Waals surface area contributed by atoms with Gasteiger partial charge in [-0.3, -0.25) is 0 Å². The van der Waals surface area contributed by atoms with Crippen molar-refractivity contribution < 1.29 is 9.53 Å². The van der Waals surface area contributed by atoms with Crippen molar-refractivity contribution in [1.29, 1.82) is 0 Å². The van der Waals surface area contributed by atoms with Crippen LogP contribution in [0, 0.1) is 0 Å². The average Bonchev–Trinajstić information content (AvgIpc) is 3.11. The van der Waals surface area contributed by atoms with Crippen LogP contribution in [0.15, 0.2) is 101 Å². The van der Waals surface area contributed by atoms with Crippen molar-refractivity contribution in [2.24, 2.45) is 0 Å². The van der Waals surface area contributed by atoms with Gasteiger partial charge in [0.1, 0.15) is 0 Å². The number of esters is 1. The Kier molecular flexibility index (Phi) is 4.03. The van der Waals surface area contributed by atoms with Gasteiger partial charge < -0.3 is 4.74 Å². The third kappa shape index (κ3) is 2.70. The van der Waals surface area contributed by atoms with Gasteiger partial charge in [-0.05, 0) is 40.5 Å². The van der Waals surface area contributed by atoms with Crippen LogP contribution in [0.5, 0.6) is 0 Å². The highest BCUT2D eigenvalue weighted by atomic mass is 32.2. The summed E-state index contributed by atoms with van der Waals surface area (Å²) in [5.41, 5.74) is 7.37. The molecule has 0 saturated carbocycles. The summed E-state index contributed by atoms with van der Waals surface area (Å²) in [6.45, 7) is 0. The van der Waals surface area contributed by atoms with Gasteiger partial charge >= 0.3 is 5.97 Å². The molecule has 2 aliphatic rings. The molecule has 0 fully saturated rings. The molecule has 0 N–H and O–H groups in total. The maximum atomic E-state index is 13.4. The number of hydrogen-bond acceptors (Lipinski definition) is 3. The Balaban J connectivity index is 1.38. The summed E-state index contributed by atoms with van der Waals surface area (Å²) in [7, 11) is 0. The normalized spacial score (nSPS) is 13.7. The van der Waals surface area contributed by atoms with E-state index in [2.05, 4.69) is 54.6 Å². The molecule has 30 heavy (non-hydrogen) atoms. The molecular weight excluding hydrogens is 388 g/mol. The van der Waals surface area contributed by atoms with Gasteiger partial charge in [0, 0.05) is 27.3 Å². The molecule has 0 radical (unpaired) electrons. The van der Waals surface area contributed by atoms with Crippen LogP contribution in [0.3, 0.4) is 0 Å². The molecule has 2 nitrogen and oxygen atoms in total. The fourth-order valence-electron chi connectivity index (χ4n) is 4.50. The van der Waals surface area contributed by atoms with Gasteiger partial charge in [-0.2, -0.15) is 0 Å². The number of rotatable bonds is 2. The summed E-state index contributed by atoms with van der Waals surface area (Å²) in [6, 6.07) is 30.7. The lowest BCUT2D eigenvalue weighted by atomic mass is 9.99. The van der Waals surface area contributed by atoms with Gasteiger partial charge in [-0.15, -0.1) is 0 Å². The highest BCUT2D eigenvalue weighted by molar-refractivity contribution is 7.99. The highest BCUT2D eigenvalue weighted by Crippen LogP contribution is 2.46. The van der Waals surface area contributed by atoms with Gasteiger partial charge in [0.05, 0.1) is 5.56 Å². The maximum Gasteiger partial charge on any atom is 0.339 e. The van der Waals surface area contributed by atoms with Crippen LogP contribution in [0.25, 0.3) is 11.1 Å². The number of benzene rings is 4. The molecule has 0 spiro atoms. The molecule has 1 heterocycles. The van der Waals surface area contributed by atoms with Crippen molar-refractivity contribution in [3.8, 4) is 11.1 Å². The maximum absolute atomic E-state index is 13.4. The lowest BCUT2D eigenvalue weighted by Gasteiger charge is -2.22.